The molecule has 3 aromatic heterocycles. The normalized spacial score (nSPS) is 11.9. The summed E-state index contributed by atoms with van der Waals surface area (Å²) in [6, 6.07) is 16.9. The van der Waals surface area contributed by atoms with Crippen molar-refractivity contribution in [3.05, 3.63) is 86.4 Å². The molecule has 0 aliphatic heterocycles. The Labute approximate surface area is 186 Å². The molecule has 5 rings (SSSR count). The highest BCUT2D eigenvalue weighted by Gasteiger charge is 2.16. The van der Waals surface area contributed by atoms with Crippen LogP contribution in [0.25, 0.3) is 33.5 Å². The fraction of sp³-hybridized carbons (Fsp3) is 0.125. The third kappa shape index (κ3) is 3.31. The molecule has 6 nitrogen and oxygen atoms in total. The van der Waals surface area contributed by atoms with Crippen molar-refractivity contribution >= 4 is 44.0 Å². The van der Waals surface area contributed by atoms with Crippen molar-refractivity contribution in [3.63, 3.8) is 0 Å². The van der Waals surface area contributed by atoms with Crippen LogP contribution in [0.1, 0.15) is 17.0 Å². The molecule has 0 aliphatic rings. The Morgan fingerprint density at radius 3 is 2.68 bits per heavy atom. The fourth-order valence-electron chi connectivity index (χ4n) is 3.65. The molecule has 0 aliphatic carbocycles. The van der Waals surface area contributed by atoms with Crippen molar-refractivity contribution < 1.29 is 4.42 Å². The molecule has 7 heteroatoms. The molecular weight excluding hydrogens is 456 g/mol. The van der Waals surface area contributed by atoms with Crippen molar-refractivity contribution in [1.29, 1.82) is 0 Å². The zero-order valence-electron chi connectivity index (χ0n) is 17.3. The first-order chi connectivity index (χ1) is 14.9. The van der Waals surface area contributed by atoms with Crippen molar-refractivity contribution in [2.24, 2.45) is 12.1 Å². The van der Waals surface area contributed by atoms with Gasteiger partial charge in [-0.1, -0.05) is 28.1 Å². The van der Waals surface area contributed by atoms with Gasteiger partial charge in [0.1, 0.15) is 5.58 Å². The minimum Gasteiger partial charge on any atom is -0.453 e. The van der Waals surface area contributed by atoms with Gasteiger partial charge in [0.05, 0.1) is 17.1 Å². The van der Waals surface area contributed by atoms with Crippen LogP contribution in [-0.4, -0.2) is 20.4 Å². The molecule has 2 aromatic carbocycles. The summed E-state index contributed by atoms with van der Waals surface area (Å²) in [5, 5.41) is 5.96. The van der Waals surface area contributed by atoms with Crippen LogP contribution in [0.5, 0.6) is 0 Å². The lowest BCUT2D eigenvalue weighted by Gasteiger charge is -2.07. The van der Waals surface area contributed by atoms with Crippen LogP contribution in [0.15, 0.2) is 73.4 Å². The maximum absolute atomic E-state index is 13.3. The van der Waals surface area contributed by atoms with Crippen LogP contribution < -0.4 is 5.56 Å². The number of furan rings is 1. The fourth-order valence-corrected chi connectivity index (χ4v) is 4.03. The average molecular weight is 475 g/mol. The van der Waals surface area contributed by atoms with Gasteiger partial charge in [-0.15, -0.1) is 0 Å². The van der Waals surface area contributed by atoms with Crippen molar-refractivity contribution in [2.75, 3.05) is 0 Å². The van der Waals surface area contributed by atoms with Gasteiger partial charge in [0, 0.05) is 33.9 Å². The average Bonchev–Trinajstić information content (AvgIpc) is 3.29. The Morgan fingerprint density at radius 2 is 1.90 bits per heavy atom. The van der Waals surface area contributed by atoms with E-state index in [0.717, 1.165) is 26.8 Å². The van der Waals surface area contributed by atoms with Crippen LogP contribution >= 0.6 is 15.9 Å². The Bertz CT molecular complexity index is 1560. The van der Waals surface area contributed by atoms with Crippen LogP contribution in [-0.2, 0) is 7.05 Å². The number of aromatic nitrogens is 3. The van der Waals surface area contributed by atoms with Gasteiger partial charge in [-0.25, -0.2) is 4.98 Å². The van der Waals surface area contributed by atoms with Gasteiger partial charge in [-0.3, -0.25) is 4.79 Å². The van der Waals surface area contributed by atoms with E-state index in [2.05, 4.69) is 25.6 Å². The van der Waals surface area contributed by atoms with Crippen molar-refractivity contribution in [3.8, 4) is 11.6 Å². The predicted octanol–water partition coefficient (Wildman–Crippen LogP) is 5.41. The molecule has 0 saturated carbocycles. The van der Waals surface area contributed by atoms with Crippen LogP contribution in [0.2, 0.25) is 0 Å². The number of hydrogen-bond donors (Lipinski definition) is 0. The second-order valence-corrected chi connectivity index (χ2v) is 8.41. The molecule has 0 radical (unpaired) electrons. The van der Waals surface area contributed by atoms with E-state index in [-0.39, 0.29) is 5.56 Å². The van der Waals surface area contributed by atoms with E-state index < -0.39 is 0 Å². The first-order valence-corrected chi connectivity index (χ1v) is 10.6. The maximum Gasteiger partial charge on any atom is 0.282 e. The third-order valence-electron chi connectivity index (χ3n) is 5.58. The van der Waals surface area contributed by atoms with Crippen LogP contribution in [0.4, 0.5) is 0 Å². The van der Waals surface area contributed by atoms with E-state index in [4.69, 9.17) is 9.40 Å². The van der Waals surface area contributed by atoms with E-state index in [1.807, 2.05) is 69.4 Å². The monoisotopic (exact) mass is 474 g/mol. The number of para-hydroxylation sites is 1. The summed E-state index contributed by atoms with van der Waals surface area (Å²) in [5.74, 6) is 0.839. The zero-order valence-corrected chi connectivity index (χ0v) is 18.8. The van der Waals surface area contributed by atoms with Gasteiger partial charge in [0.2, 0.25) is 5.82 Å². The topological polar surface area (TPSA) is 65.3 Å². The van der Waals surface area contributed by atoms with Gasteiger partial charge < -0.3 is 8.98 Å². The van der Waals surface area contributed by atoms with Gasteiger partial charge in [0.15, 0.2) is 5.76 Å². The first-order valence-electron chi connectivity index (χ1n) is 9.81. The third-order valence-corrected chi connectivity index (χ3v) is 6.07. The summed E-state index contributed by atoms with van der Waals surface area (Å²) in [6.07, 6.45) is 1.70. The number of fused-ring (bicyclic) bond motifs is 2. The molecule has 0 spiro atoms. The second kappa shape index (κ2) is 7.35. The Balaban J connectivity index is 1.75. The molecule has 0 unspecified atom stereocenters. The summed E-state index contributed by atoms with van der Waals surface area (Å²) in [7, 11) is 2.00. The number of hydrogen-bond acceptors (Lipinski definition) is 4. The minimum absolute atomic E-state index is 0.246. The molecule has 0 atom stereocenters. The Hall–Kier alpha value is -3.45. The van der Waals surface area contributed by atoms with Crippen molar-refractivity contribution in [1.82, 2.24) is 14.2 Å². The van der Waals surface area contributed by atoms with E-state index >= 15 is 0 Å². The molecule has 0 fully saturated rings. The number of rotatable bonds is 3. The van der Waals surface area contributed by atoms with E-state index in [1.54, 1.807) is 12.3 Å². The smallest absolute Gasteiger partial charge is 0.282 e. The van der Waals surface area contributed by atoms with Crippen LogP contribution in [0, 0.1) is 13.8 Å². The summed E-state index contributed by atoms with van der Waals surface area (Å²) in [4.78, 5) is 18.0. The van der Waals surface area contributed by atoms with E-state index in [0.29, 0.717) is 28.1 Å². The quantitative estimate of drug-likeness (QED) is 0.328. The lowest BCUT2D eigenvalue weighted by molar-refractivity contribution is 0.616. The molecule has 5 aromatic rings. The van der Waals surface area contributed by atoms with Crippen molar-refractivity contribution in [2.45, 2.75) is 13.8 Å². The Morgan fingerprint density at radius 1 is 1.10 bits per heavy atom. The summed E-state index contributed by atoms with van der Waals surface area (Å²) in [5.41, 5.74) is 4.19. The molecule has 31 heavy (non-hydrogen) atoms. The number of halogens is 1. The highest BCUT2D eigenvalue weighted by Crippen LogP contribution is 2.29. The SMILES string of the molecule is Cc1cc(C=Nn2c(-c3cc4cc(Br)ccc4o3)nc3ccccc3c2=O)c(C)n1C. The zero-order chi connectivity index (χ0) is 21.7. The maximum atomic E-state index is 13.3. The van der Waals surface area contributed by atoms with Gasteiger partial charge in [-0.2, -0.15) is 9.78 Å². The molecule has 3 heterocycles. The first kappa shape index (κ1) is 19.5. The minimum atomic E-state index is -0.246. The van der Waals surface area contributed by atoms with Gasteiger partial charge in [0.25, 0.3) is 5.56 Å². The second-order valence-electron chi connectivity index (χ2n) is 7.49. The predicted molar refractivity (Wildman–Crippen MR) is 127 cm³/mol. The van der Waals surface area contributed by atoms with Gasteiger partial charge in [-0.05, 0) is 56.3 Å². The highest BCUT2D eigenvalue weighted by atomic mass is 79.9. The lowest BCUT2D eigenvalue weighted by atomic mass is 10.2. The largest absolute Gasteiger partial charge is 0.453 e. The molecule has 0 amide bonds. The summed E-state index contributed by atoms with van der Waals surface area (Å²) >= 11 is 3.48. The standard InChI is InChI=1S/C24H19BrN4O2/c1-14-10-17(15(2)28(14)3)13-26-29-23(27-20-7-5-4-6-19(20)24(29)30)22-12-16-11-18(25)8-9-21(16)31-22/h4-13H,1-3H3. The lowest BCUT2D eigenvalue weighted by Crippen LogP contribution is -2.20. The number of nitrogens with zero attached hydrogens (tertiary/aromatic N) is 4. The number of aryl methyl sites for hydroxylation is 1. The molecule has 154 valence electrons. The van der Waals surface area contributed by atoms with Crippen LogP contribution in [0.3, 0.4) is 0 Å². The summed E-state index contributed by atoms with van der Waals surface area (Å²) in [6.45, 7) is 4.06. The van der Waals surface area contributed by atoms with Gasteiger partial charge >= 0.3 is 0 Å². The number of benzene rings is 2. The highest BCUT2D eigenvalue weighted by molar-refractivity contribution is 9.10. The van der Waals surface area contributed by atoms with E-state index in [9.17, 15) is 4.79 Å². The Kier molecular flexibility index (Phi) is 4.63. The summed E-state index contributed by atoms with van der Waals surface area (Å²) < 4.78 is 10.4. The molecular formula is C24H19BrN4O2. The molecule has 0 N–H and O–H groups in total. The molecule has 0 saturated heterocycles. The van der Waals surface area contributed by atoms with E-state index in [1.165, 1.54) is 4.68 Å². The molecule has 0 bridgehead atoms.